The highest BCUT2D eigenvalue weighted by Crippen LogP contribution is 2.14. The van der Waals surface area contributed by atoms with Gasteiger partial charge in [-0.2, -0.15) is 0 Å². The molecule has 1 aliphatic heterocycles. The Morgan fingerprint density at radius 1 is 1.18 bits per heavy atom. The second kappa shape index (κ2) is 6.71. The Labute approximate surface area is 106 Å². The molecule has 0 spiro atoms. The maximum absolute atomic E-state index is 12.0. The molecule has 4 nitrogen and oxygen atoms in total. The lowest BCUT2D eigenvalue weighted by atomic mass is 10.2. The van der Waals surface area contributed by atoms with Crippen LogP contribution >= 0.6 is 0 Å². The summed E-state index contributed by atoms with van der Waals surface area (Å²) in [5.41, 5.74) is 0. The number of hydrogen-bond acceptors (Lipinski definition) is 3. The molecule has 0 saturated carbocycles. The first-order chi connectivity index (χ1) is 7.93. The van der Waals surface area contributed by atoms with Crippen LogP contribution < -0.4 is 0 Å². The van der Waals surface area contributed by atoms with Crippen LogP contribution in [0.3, 0.4) is 0 Å². The minimum Gasteiger partial charge on any atom is -0.304 e. The van der Waals surface area contributed by atoms with E-state index >= 15 is 0 Å². The van der Waals surface area contributed by atoms with E-state index in [2.05, 4.69) is 18.7 Å². The monoisotopic (exact) mass is 262 g/mol. The van der Waals surface area contributed by atoms with Gasteiger partial charge in [-0.1, -0.05) is 6.42 Å². The van der Waals surface area contributed by atoms with Crippen LogP contribution in [0.5, 0.6) is 0 Å². The molecule has 17 heavy (non-hydrogen) atoms. The molecular weight excluding hydrogens is 236 g/mol. The zero-order chi connectivity index (χ0) is 12.9. The average molecular weight is 262 g/mol. The molecule has 0 aromatic carbocycles. The molecule has 0 amide bonds. The van der Waals surface area contributed by atoms with Crippen molar-refractivity contribution >= 4 is 10.0 Å². The van der Waals surface area contributed by atoms with E-state index in [1.54, 1.807) is 4.31 Å². The van der Waals surface area contributed by atoms with E-state index in [-0.39, 0.29) is 0 Å². The van der Waals surface area contributed by atoms with E-state index in [0.717, 1.165) is 38.9 Å². The van der Waals surface area contributed by atoms with Crippen LogP contribution in [0.4, 0.5) is 0 Å². The van der Waals surface area contributed by atoms with Crippen LogP contribution in [0.2, 0.25) is 0 Å². The van der Waals surface area contributed by atoms with Crippen molar-refractivity contribution in [2.45, 2.75) is 45.6 Å². The van der Waals surface area contributed by atoms with Crippen molar-refractivity contribution in [1.29, 1.82) is 0 Å². The Balaban J connectivity index is 2.34. The molecule has 0 unspecified atom stereocenters. The van der Waals surface area contributed by atoms with Gasteiger partial charge in [0.1, 0.15) is 0 Å². The Bertz CT molecular complexity index is 308. The summed E-state index contributed by atoms with van der Waals surface area (Å²) >= 11 is 0. The summed E-state index contributed by atoms with van der Waals surface area (Å²) < 4.78 is 25.8. The normalized spacial score (nSPS) is 19.1. The third kappa shape index (κ3) is 4.94. The highest BCUT2D eigenvalue weighted by Gasteiger charge is 2.23. The lowest BCUT2D eigenvalue weighted by molar-refractivity contribution is 0.273. The van der Waals surface area contributed by atoms with Crippen molar-refractivity contribution in [3.05, 3.63) is 0 Å². The number of nitrogens with zero attached hydrogens (tertiary/aromatic N) is 2. The molecule has 5 heteroatoms. The molecule has 0 bridgehead atoms. The predicted molar refractivity (Wildman–Crippen MR) is 71.6 cm³/mol. The highest BCUT2D eigenvalue weighted by atomic mass is 32.2. The summed E-state index contributed by atoms with van der Waals surface area (Å²) in [6.07, 6.45) is 3.94. The van der Waals surface area contributed by atoms with Gasteiger partial charge >= 0.3 is 0 Å². The van der Waals surface area contributed by atoms with E-state index in [1.165, 1.54) is 6.42 Å². The van der Waals surface area contributed by atoms with Crippen LogP contribution in [0.1, 0.15) is 39.5 Å². The van der Waals surface area contributed by atoms with Gasteiger partial charge in [0.05, 0.1) is 5.75 Å². The van der Waals surface area contributed by atoms with Crippen molar-refractivity contribution in [2.75, 3.05) is 32.4 Å². The largest absolute Gasteiger partial charge is 0.304 e. The molecule has 0 aromatic heterocycles. The maximum Gasteiger partial charge on any atom is 0.214 e. The SMILES string of the molecule is CC(C)N(C)CCCS(=O)(=O)N1CCCCC1. The topological polar surface area (TPSA) is 40.6 Å². The molecule has 0 aliphatic carbocycles. The number of piperidine rings is 1. The quantitative estimate of drug-likeness (QED) is 0.729. The second-order valence-electron chi connectivity index (χ2n) is 5.20. The molecule has 0 aromatic rings. The molecule has 1 heterocycles. The van der Waals surface area contributed by atoms with Gasteiger partial charge in [0.15, 0.2) is 0 Å². The Morgan fingerprint density at radius 2 is 1.76 bits per heavy atom. The lowest BCUT2D eigenvalue weighted by Crippen LogP contribution is -2.38. The van der Waals surface area contributed by atoms with Gasteiger partial charge < -0.3 is 4.90 Å². The Kier molecular flexibility index (Phi) is 5.89. The van der Waals surface area contributed by atoms with E-state index in [4.69, 9.17) is 0 Å². The van der Waals surface area contributed by atoms with Gasteiger partial charge in [0, 0.05) is 19.1 Å². The summed E-state index contributed by atoms with van der Waals surface area (Å²) in [6.45, 7) is 6.55. The molecule has 1 aliphatic rings. The van der Waals surface area contributed by atoms with Crippen LogP contribution in [0, 0.1) is 0 Å². The lowest BCUT2D eigenvalue weighted by Gasteiger charge is -2.26. The van der Waals surface area contributed by atoms with Gasteiger partial charge in [-0.15, -0.1) is 0 Å². The van der Waals surface area contributed by atoms with Crippen LogP contribution in [-0.2, 0) is 10.0 Å². The van der Waals surface area contributed by atoms with Crippen molar-refractivity contribution in [2.24, 2.45) is 0 Å². The summed E-state index contributed by atoms with van der Waals surface area (Å²) in [6, 6.07) is 0.479. The second-order valence-corrected chi connectivity index (χ2v) is 7.29. The van der Waals surface area contributed by atoms with Gasteiger partial charge in [-0.3, -0.25) is 0 Å². The van der Waals surface area contributed by atoms with E-state index in [9.17, 15) is 8.42 Å². The molecule has 1 saturated heterocycles. The number of rotatable bonds is 6. The third-order valence-electron chi connectivity index (χ3n) is 3.50. The summed E-state index contributed by atoms with van der Waals surface area (Å²) in [4.78, 5) is 2.19. The molecular formula is C12H26N2O2S. The predicted octanol–water partition coefficient (Wildman–Crippen LogP) is 1.53. The fourth-order valence-corrected chi connectivity index (χ4v) is 3.59. The van der Waals surface area contributed by atoms with Crippen LogP contribution in [0.15, 0.2) is 0 Å². The molecule has 1 fully saturated rings. The maximum atomic E-state index is 12.0. The average Bonchev–Trinajstić information content (AvgIpc) is 2.29. The standard InChI is InChI=1S/C12H26N2O2S/c1-12(2)13(3)8-7-11-17(15,16)14-9-5-4-6-10-14/h12H,4-11H2,1-3H3. The smallest absolute Gasteiger partial charge is 0.214 e. The first-order valence-electron chi connectivity index (χ1n) is 6.61. The molecule has 1 rings (SSSR count). The zero-order valence-electron chi connectivity index (χ0n) is 11.4. The summed E-state index contributed by atoms with van der Waals surface area (Å²) in [7, 11) is -0.958. The number of sulfonamides is 1. The van der Waals surface area contributed by atoms with E-state index < -0.39 is 10.0 Å². The van der Waals surface area contributed by atoms with Crippen molar-refractivity contribution < 1.29 is 8.42 Å². The minimum atomic E-state index is -3.00. The van der Waals surface area contributed by atoms with Gasteiger partial charge in [0.2, 0.25) is 10.0 Å². The third-order valence-corrected chi connectivity index (χ3v) is 5.46. The first-order valence-corrected chi connectivity index (χ1v) is 8.22. The Hall–Kier alpha value is -0.130. The zero-order valence-corrected chi connectivity index (χ0v) is 12.2. The van der Waals surface area contributed by atoms with Crippen molar-refractivity contribution in [3.63, 3.8) is 0 Å². The van der Waals surface area contributed by atoms with Gasteiger partial charge in [-0.05, 0) is 46.7 Å². The minimum absolute atomic E-state index is 0.296. The van der Waals surface area contributed by atoms with E-state index in [0.29, 0.717) is 11.8 Å². The van der Waals surface area contributed by atoms with Crippen molar-refractivity contribution in [3.8, 4) is 0 Å². The van der Waals surface area contributed by atoms with E-state index in [1.807, 2.05) is 7.05 Å². The molecule has 0 atom stereocenters. The summed E-state index contributed by atoms with van der Waals surface area (Å²) in [5, 5.41) is 0. The van der Waals surface area contributed by atoms with Crippen LogP contribution in [0.25, 0.3) is 0 Å². The van der Waals surface area contributed by atoms with Gasteiger partial charge in [-0.25, -0.2) is 12.7 Å². The number of hydrogen-bond donors (Lipinski definition) is 0. The van der Waals surface area contributed by atoms with Crippen molar-refractivity contribution in [1.82, 2.24) is 9.21 Å². The summed E-state index contributed by atoms with van der Waals surface area (Å²) in [5.74, 6) is 0.296. The fourth-order valence-electron chi connectivity index (χ4n) is 2.03. The molecule has 102 valence electrons. The van der Waals surface area contributed by atoms with Crippen LogP contribution in [-0.4, -0.2) is 56.1 Å². The Morgan fingerprint density at radius 3 is 2.29 bits per heavy atom. The highest BCUT2D eigenvalue weighted by molar-refractivity contribution is 7.89. The fraction of sp³-hybridized carbons (Fsp3) is 1.00. The molecule has 0 radical (unpaired) electrons. The molecule has 0 N–H and O–H groups in total. The van der Waals surface area contributed by atoms with Gasteiger partial charge in [0.25, 0.3) is 0 Å². The first kappa shape index (κ1) is 14.9.